The Balaban J connectivity index is 1.72. The maximum atomic E-state index is 3.78. The number of nitrogens with one attached hydrogen (secondary N) is 1. The third kappa shape index (κ3) is 3.18. The van der Waals surface area contributed by atoms with E-state index in [1.165, 1.54) is 45.3 Å². The van der Waals surface area contributed by atoms with Gasteiger partial charge in [-0.3, -0.25) is 0 Å². The van der Waals surface area contributed by atoms with E-state index in [4.69, 9.17) is 0 Å². The average molecular weight is 210 g/mol. The molecular weight excluding hydrogens is 184 g/mol. The van der Waals surface area contributed by atoms with Crippen molar-refractivity contribution in [1.82, 2.24) is 10.2 Å². The fourth-order valence-electron chi connectivity index (χ4n) is 2.80. The number of likely N-dealkylation sites (tertiary alicyclic amines) is 1. The van der Waals surface area contributed by atoms with E-state index < -0.39 is 0 Å². The molecule has 1 saturated heterocycles. The van der Waals surface area contributed by atoms with Crippen molar-refractivity contribution >= 4 is 0 Å². The van der Waals surface area contributed by atoms with E-state index in [-0.39, 0.29) is 0 Å². The lowest BCUT2D eigenvalue weighted by Gasteiger charge is -2.33. The third-order valence-corrected chi connectivity index (χ3v) is 4.17. The summed E-state index contributed by atoms with van der Waals surface area (Å²) in [7, 11) is 2.25. The van der Waals surface area contributed by atoms with Crippen LogP contribution in [0, 0.1) is 11.8 Å². The van der Waals surface area contributed by atoms with Gasteiger partial charge in [0.15, 0.2) is 0 Å². The molecule has 0 aromatic heterocycles. The van der Waals surface area contributed by atoms with Gasteiger partial charge >= 0.3 is 0 Å². The molecule has 2 nitrogen and oxygen atoms in total. The normalized spacial score (nSPS) is 29.4. The van der Waals surface area contributed by atoms with E-state index in [1.807, 2.05) is 0 Å². The minimum Gasteiger partial charge on any atom is -0.311 e. The number of piperidine rings is 1. The molecule has 88 valence electrons. The van der Waals surface area contributed by atoms with Crippen molar-refractivity contribution in [2.45, 2.75) is 45.1 Å². The second-order valence-corrected chi connectivity index (χ2v) is 6.15. The van der Waals surface area contributed by atoms with E-state index >= 15 is 0 Å². The van der Waals surface area contributed by atoms with Gasteiger partial charge in [-0.05, 0) is 71.5 Å². The van der Waals surface area contributed by atoms with Gasteiger partial charge < -0.3 is 10.2 Å². The SMILES string of the molecule is CN1CCCC(CNC(C)(C)C2CC2)C1. The molecule has 2 aliphatic rings. The molecule has 1 unspecified atom stereocenters. The highest BCUT2D eigenvalue weighted by molar-refractivity contribution is 4.94. The average Bonchev–Trinajstić information content (AvgIpc) is 2.98. The Morgan fingerprint density at radius 1 is 1.27 bits per heavy atom. The van der Waals surface area contributed by atoms with E-state index in [2.05, 4.69) is 31.1 Å². The summed E-state index contributed by atoms with van der Waals surface area (Å²) >= 11 is 0. The van der Waals surface area contributed by atoms with Crippen LogP contribution in [0.5, 0.6) is 0 Å². The smallest absolute Gasteiger partial charge is 0.0153 e. The maximum absolute atomic E-state index is 3.78. The Morgan fingerprint density at radius 2 is 2.00 bits per heavy atom. The van der Waals surface area contributed by atoms with Crippen LogP contribution >= 0.6 is 0 Å². The quantitative estimate of drug-likeness (QED) is 0.764. The molecule has 1 atom stereocenters. The molecule has 1 aliphatic carbocycles. The maximum Gasteiger partial charge on any atom is 0.0153 e. The summed E-state index contributed by atoms with van der Waals surface area (Å²) in [6.07, 6.45) is 5.67. The van der Waals surface area contributed by atoms with Gasteiger partial charge in [0.2, 0.25) is 0 Å². The van der Waals surface area contributed by atoms with Crippen LogP contribution in [-0.2, 0) is 0 Å². The highest BCUT2D eigenvalue weighted by Gasteiger charge is 2.37. The minimum absolute atomic E-state index is 0.385. The summed E-state index contributed by atoms with van der Waals surface area (Å²) in [5.74, 6) is 1.82. The first-order valence-electron chi connectivity index (χ1n) is 6.51. The molecule has 2 rings (SSSR count). The van der Waals surface area contributed by atoms with Crippen LogP contribution in [0.3, 0.4) is 0 Å². The van der Waals surface area contributed by atoms with Crippen LogP contribution < -0.4 is 5.32 Å². The van der Waals surface area contributed by atoms with Gasteiger partial charge in [-0.2, -0.15) is 0 Å². The summed E-state index contributed by atoms with van der Waals surface area (Å²) in [5, 5.41) is 3.78. The summed E-state index contributed by atoms with van der Waals surface area (Å²) in [5.41, 5.74) is 0.385. The number of rotatable bonds is 4. The number of nitrogens with zero attached hydrogens (tertiary/aromatic N) is 1. The highest BCUT2D eigenvalue weighted by Crippen LogP contribution is 2.39. The predicted octanol–water partition coefficient (Wildman–Crippen LogP) is 2.11. The molecule has 2 fully saturated rings. The number of hydrogen-bond acceptors (Lipinski definition) is 2. The minimum atomic E-state index is 0.385. The second kappa shape index (κ2) is 4.42. The van der Waals surface area contributed by atoms with Crippen LogP contribution in [0.1, 0.15) is 39.5 Å². The van der Waals surface area contributed by atoms with Crippen molar-refractivity contribution in [1.29, 1.82) is 0 Å². The fraction of sp³-hybridized carbons (Fsp3) is 1.00. The van der Waals surface area contributed by atoms with Gasteiger partial charge in [0, 0.05) is 12.1 Å². The van der Waals surface area contributed by atoms with Crippen molar-refractivity contribution in [2.24, 2.45) is 11.8 Å². The molecule has 1 aliphatic heterocycles. The van der Waals surface area contributed by atoms with Crippen molar-refractivity contribution in [2.75, 3.05) is 26.7 Å². The topological polar surface area (TPSA) is 15.3 Å². The first-order chi connectivity index (χ1) is 7.08. The van der Waals surface area contributed by atoms with Gasteiger partial charge in [-0.1, -0.05) is 0 Å². The highest BCUT2D eigenvalue weighted by atomic mass is 15.1. The summed E-state index contributed by atoms with van der Waals surface area (Å²) in [6.45, 7) is 8.54. The van der Waals surface area contributed by atoms with E-state index in [0.29, 0.717) is 5.54 Å². The fourth-order valence-corrected chi connectivity index (χ4v) is 2.80. The van der Waals surface area contributed by atoms with Crippen molar-refractivity contribution < 1.29 is 0 Å². The molecule has 0 aromatic carbocycles. The summed E-state index contributed by atoms with van der Waals surface area (Å²) in [6, 6.07) is 0. The van der Waals surface area contributed by atoms with Crippen molar-refractivity contribution in [3.05, 3.63) is 0 Å². The molecular formula is C13H26N2. The Kier molecular flexibility index (Phi) is 3.36. The molecule has 15 heavy (non-hydrogen) atoms. The molecule has 0 spiro atoms. The molecule has 1 heterocycles. The van der Waals surface area contributed by atoms with Gasteiger partial charge in [-0.15, -0.1) is 0 Å². The van der Waals surface area contributed by atoms with Gasteiger partial charge in [-0.25, -0.2) is 0 Å². The molecule has 0 bridgehead atoms. The first kappa shape index (κ1) is 11.4. The molecule has 0 amide bonds. The number of hydrogen-bond donors (Lipinski definition) is 1. The Bertz CT molecular complexity index is 209. The summed E-state index contributed by atoms with van der Waals surface area (Å²) in [4.78, 5) is 2.47. The van der Waals surface area contributed by atoms with Crippen LogP contribution in [-0.4, -0.2) is 37.1 Å². The van der Waals surface area contributed by atoms with E-state index in [1.54, 1.807) is 0 Å². The zero-order chi connectivity index (χ0) is 10.9. The van der Waals surface area contributed by atoms with Gasteiger partial charge in [0.25, 0.3) is 0 Å². The predicted molar refractivity (Wildman–Crippen MR) is 65.0 cm³/mol. The first-order valence-corrected chi connectivity index (χ1v) is 6.51. The monoisotopic (exact) mass is 210 g/mol. The third-order valence-electron chi connectivity index (χ3n) is 4.17. The van der Waals surface area contributed by atoms with Crippen LogP contribution in [0.4, 0.5) is 0 Å². The Labute approximate surface area is 94.4 Å². The van der Waals surface area contributed by atoms with E-state index in [9.17, 15) is 0 Å². The second-order valence-electron chi connectivity index (χ2n) is 6.15. The Hall–Kier alpha value is -0.0800. The lowest BCUT2D eigenvalue weighted by Crippen LogP contribution is -2.46. The Morgan fingerprint density at radius 3 is 2.60 bits per heavy atom. The lowest BCUT2D eigenvalue weighted by molar-refractivity contribution is 0.191. The molecule has 1 saturated carbocycles. The lowest BCUT2D eigenvalue weighted by atomic mass is 9.94. The van der Waals surface area contributed by atoms with Crippen LogP contribution in [0.2, 0.25) is 0 Å². The van der Waals surface area contributed by atoms with Crippen LogP contribution in [0.25, 0.3) is 0 Å². The molecule has 0 radical (unpaired) electrons. The van der Waals surface area contributed by atoms with Crippen LogP contribution in [0.15, 0.2) is 0 Å². The van der Waals surface area contributed by atoms with E-state index in [0.717, 1.165) is 11.8 Å². The largest absolute Gasteiger partial charge is 0.311 e. The summed E-state index contributed by atoms with van der Waals surface area (Å²) < 4.78 is 0. The molecule has 2 heteroatoms. The van der Waals surface area contributed by atoms with Crippen molar-refractivity contribution in [3.8, 4) is 0 Å². The van der Waals surface area contributed by atoms with Gasteiger partial charge in [0.1, 0.15) is 0 Å². The molecule has 0 aromatic rings. The zero-order valence-electron chi connectivity index (χ0n) is 10.6. The standard InChI is InChI=1S/C13H26N2/c1-13(2,12-6-7-12)14-9-11-5-4-8-15(3)10-11/h11-12,14H,4-10H2,1-3H3. The van der Waals surface area contributed by atoms with Crippen molar-refractivity contribution in [3.63, 3.8) is 0 Å². The molecule has 1 N–H and O–H groups in total. The zero-order valence-corrected chi connectivity index (χ0v) is 10.6. The van der Waals surface area contributed by atoms with Gasteiger partial charge in [0.05, 0.1) is 0 Å².